The summed E-state index contributed by atoms with van der Waals surface area (Å²) in [4.78, 5) is 35.2. The summed E-state index contributed by atoms with van der Waals surface area (Å²) >= 11 is 0. The average Bonchev–Trinajstić information content (AvgIpc) is 2.60. The fourth-order valence-electron chi connectivity index (χ4n) is 2.35. The Labute approximate surface area is 144 Å². The van der Waals surface area contributed by atoms with Gasteiger partial charge in [0.05, 0.1) is 0 Å². The van der Waals surface area contributed by atoms with Crippen LogP contribution in [0.15, 0.2) is 54.6 Å². The molecule has 1 atom stereocenters. The van der Waals surface area contributed by atoms with E-state index >= 15 is 0 Å². The van der Waals surface area contributed by atoms with Gasteiger partial charge in [-0.1, -0.05) is 42.5 Å². The van der Waals surface area contributed by atoms with E-state index < -0.39 is 23.7 Å². The lowest BCUT2D eigenvalue weighted by atomic mass is 10.0. The Morgan fingerprint density at radius 1 is 1.00 bits per heavy atom. The molecular weight excluding hydrogens is 325 g/mol. The highest BCUT2D eigenvalue weighted by Gasteiger charge is 2.20. The van der Waals surface area contributed by atoms with E-state index in [2.05, 4.69) is 5.32 Å². The Hall–Kier alpha value is -3.02. The molecule has 0 heterocycles. The molecule has 0 saturated carbocycles. The van der Waals surface area contributed by atoms with Gasteiger partial charge in [0.2, 0.25) is 5.91 Å². The molecule has 0 aromatic heterocycles. The molecule has 6 heteroatoms. The van der Waals surface area contributed by atoms with Crippen LogP contribution in [0.25, 0.3) is 0 Å². The van der Waals surface area contributed by atoms with Crippen LogP contribution in [-0.2, 0) is 16.0 Å². The number of carboxylic acids is 1. The molecule has 0 radical (unpaired) electrons. The molecule has 25 heavy (non-hydrogen) atoms. The molecule has 2 aromatic carbocycles. The summed E-state index contributed by atoms with van der Waals surface area (Å²) in [7, 11) is 0. The third kappa shape index (κ3) is 5.84. The van der Waals surface area contributed by atoms with Gasteiger partial charge in [-0.2, -0.15) is 0 Å². The molecule has 0 saturated heterocycles. The minimum Gasteiger partial charge on any atom is -0.480 e. The zero-order chi connectivity index (χ0) is 18.2. The minimum absolute atomic E-state index is 0.118. The Kier molecular flexibility index (Phi) is 6.39. The van der Waals surface area contributed by atoms with Gasteiger partial charge in [0.1, 0.15) is 11.9 Å². The summed E-state index contributed by atoms with van der Waals surface area (Å²) in [5.41, 5.74) is 0.970. The van der Waals surface area contributed by atoms with E-state index in [0.29, 0.717) is 0 Å². The van der Waals surface area contributed by atoms with Gasteiger partial charge < -0.3 is 10.4 Å². The molecule has 0 unspecified atom stereocenters. The number of hydrogen-bond donors (Lipinski definition) is 2. The average molecular weight is 343 g/mol. The van der Waals surface area contributed by atoms with Gasteiger partial charge in [-0.25, -0.2) is 9.18 Å². The molecule has 0 aliphatic carbocycles. The zero-order valence-corrected chi connectivity index (χ0v) is 13.4. The number of carbonyl (C=O) groups is 3. The van der Waals surface area contributed by atoms with Crippen LogP contribution >= 0.6 is 0 Å². The number of amides is 1. The number of halogens is 1. The van der Waals surface area contributed by atoms with Gasteiger partial charge in [-0.15, -0.1) is 0 Å². The lowest BCUT2D eigenvalue weighted by Crippen LogP contribution is -2.42. The van der Waals surface area contributed by atoms with Crippen molar-refractivity contribution in [1.29, 1.82) is 0 Å². The molecule has 0 aliphatic heterocycles. The van der Waals surface area contributed by atoms with Crippen LogP contribution in [-0.4, -0.2) is 28.8 Å². The number of carbonyl (C=O) groups excluding carboxylic acids is 2. The van der Waals surface area contributed by atoms with Crippen molar-refractivity contribution in [2.75, 3.05) is 0 Å². The van der Waals surface area contributed by atoms with Gasteiger partial charge in [-0.3, -0.25) is 9.59 Å². The number of benzene rings is 2. The third-order valence-corrected chi connectivity index (χ3v) is 3.64. The van der Waals surface area contributed by atoms with Gasteiger partial charge in [0.15, 0.2) is 5.78 Å². The zero-order valence-electron chi connectivity index (χ0n) is 13.4. The van der Waals surface area contributed by atoms with Crippen LogP contribution in [0.2, 0.25) is 0 Å². The van der Waals surface area contributed by atoms with Crippen molar-refractivity contribution in [2.24, 2.45) is 0 Å². The van der Waals surface area contributed by atoms with Gasteiger partial charge in [-0.05, 0) is 17.7 Å². The molecule has 2 N–H and O–H groups in total. The summed E-state index contributed by atoms with van der Waals surface area (Å²) < 4.78 is 13.1. The van der Waals surface area contributed by atoms with E-state index in [4.69, 9.17) is 0 Å². The van der Waals surface area contributed by atoms with Crippen LogP contribution in [0.5, 0.6) is 0 Å². The number of hydrogen-bond acceptors (Lipinski definition) is 3. The van der Waals surface area contributed by atoms with Gasteiger partial charge >= 0.3 is 5.97 Å². The molecule has 2 rings (SSSR count). The third-order valence-electron chi connectivity index (χ3n) is 3.64. The van der Waals surface area contributed by atoms with E-state index in [1.54, 1.807) is 24.3 Å². The Morgan fingerprint density at radius 3 is 2.36 bits per heavy atom. The molecule has 0 bridgehead atoms. The Morgan fingerprint density at radius 2 is 1.72 bits per heavy atom. The molecule has 0 spiro atoms. The van der Waals surface area contributed by atoms with E-state index in [1.807, 2.05) is 6.07 Å². The number of ketones is 1. The largest absolute Gasteiger partial charge is 0.480 e. The van der Waals surface area contributed by atoms with Crippen molar-refractivity contribution in [3.05, 3.63) is 71.5 Å². The van der Waals surface area contributed by atoms with Crippen LogP contribution in [0.4, 0.5) is 4.39 Å². The first kappa shape index (κ1) is 18.3. The van der Waals surface area contributed by atoms with E-state index in [-0.39, 0.29) is 30.6 Å². The summed E-state index contributed by atoms with van der Waals surface area (Å²) in [5.74, 6) is -2.57. The summed E-state index contributed by atoms with van der Waals surface area (Å²) in [6.45, 7) is 0. The Balaban J connectivity index is 1.88. The monoisotopic (exact) mass is 343 g/mol. The number of rotatable bonds is 8. The normalized spacial score (nSPS) is 11.6. The Bertz CT molecular complexity index is 761. The van der Waals surface area contributed by atoms with Crippen LogP contribution in [0.1, 0.15) is 28.8 Å². The quantitative estimate of drug-likeness (QED) is 0.722. The summed E-state index contributed by atoms with van der Waals surface area (Å²) in [6.07, 6.45) is -0.124. The number of aliphatic carboxylic acids is 1. The fraction of sp³-hybridized carbons (Fsp3) is 0.211. The van der Waals surface area contributed by atoms with Gasteiger partial charge in [0.25, 0.3) is 0 Å². The molecule has 130 valence electrons. The molecule has 0 fully saturated rings. The fourth-order valence-corrected chi connectivity index (χ4v) is 2.35. The van der Waals surface area contributed by atoms with E-state index in [0.717, 1.165) is 11.6 Å². The van der Waals surface area contributed by atoms with Crippen molar-refractivity contribution < 1.29 is 23.9 Å². The molecule has 5 nitrogen and oxygen atoms in total. The molecule has 0 aliphatic rings. The lowest BCUT2D eigenvalue weighted by Gasteiger charge is -2.14. The van der Waals surface area contributed by atoms with Crippen molar-refractivity contribution in [2.45, 2.75) is 25.3 Å². The highest BCUT2D eigenvalue weighted by atomic mass is 19.1. The molecule has 2 aromatic rings. The smallest absolute Gasteiger partial charge is 0.326 e. The first-order chi connectivity index (χ1) is 12.0. The predicted molar refractivity (Wildman–Crippen MR) is 89.7 cm³/mol. The molecule has 1 amide bonds. The van der Waals surface area contributed by atoms with Crippen molar-refractivity contribution >= 4 is 17.7 Å². The second-order valence-electron chi connectivity index (χ2n) is 5.58. The highest BCUT2D eigenvalue weighted by molar-refractivity contribution is 5.98. The van der Waals surface area contributed by atoms with E-state index in [1.165, 1.54) is 18.2 Å². The number of Topliss-reactive ketones (excluding diaryl/α,β-unsaturated/α-hetero) is 1. The van der Waals surface area contributed by atoms with E-state index in [9.17, 15) is 23.9 Å². The van der Waals surface area contributed by atoms with Crippen molar-refractivity contribution in [1.82, 2.24) is 5.32 Å². The summed E-state index contributed by atoms with van der Waals surface area (Å²) in [6, 6.07) is 13.1. The lowest BCUT2D eigenvalue weighted by molar-refractivity contribution is -0.141. The maximum Gasteiger partial charge on any atom is 0.326 e. The first-order valence-electron chi connectivity index (χ1n) is 7.80. The molecular formula is C19H18FNO4. The second-order valence-corrected chi connectivity index (χ2v) is 5.58. The van der Waals surface area contributed by atoms with Crippen LogP contribution in [0.3, 0.4) is 0 Å². The van der Waals surface area contributed by atoms with Crippen molar-refractivity contribution in [3.8, 4) is 0 Å². The predicted octanol–water partition coefficient (Wildman–Crippen LogP) is 2.60. The second kappa shape index (κ2) is 8.73. The maximum absolute atomic E-state index is 13.1. The SMILES string of the molecule is O=C(CCC(=O)c1cccc(F)c1)N[C@@H](Cc1ccccc1)C(=O)O. The maximum atomic E-state index is 13.1. The topological polar surface area (TPSA) is 83.5 Å². The number of carboxylic acid groups (broad SMARTS) is 1. The standard InChI is InChI=1S/C19H18FNO4/c20-15-8-4-7-14(12-15)17(22)9-10-18(23)21-16(19(24)25)11-13-5-2-1-3-6-13/h1-8,12,16H,9-11H2,(H,21,23)(H,24,25)/t16-/m0/s1. The minimum atomic E-state index is -1.14. The highest BCUT2D eigenvalue weighted by Crippen LogP contribution is 2.09. The van der Waals surface area contributed by atoms with Gasteiger partial charge in [0, 0.05) is 24.8 Å². The van der Waals surface area contributed by atoms with Crippen molar-refractivity contribution in [3.63, 3.8) is 0 Å². The summed E-state index contributed by atoms with van der Waals surface area (Å²) in [5, 5.41) is 11.7. The van der Waals surface area contributed by atoms with Crippen LogP contribution < -0.4 is 5.32 Å². The van der Waals surface area contributed by atoms with Crippen LogP contribution in [0, 0.1) is 5.82 Å². The first-order valence-corrected chi connectivity index (χ1v) is 7.80. The number of nitrogens with one attached hydrogen (secondary N) is 1.